The van der Waals surface area contributed by atoms with E-state index in [2.05, 4.69) is 26.5 Å². The van der Waals surface area contributed by atoms with Crippen molar-refractivity contribution < 1.29 is 4.39 Å². The molecule has 8 heteroatoms. The Morgan fingerprint density at radius 3 is 1.81 bits per heavy atom. The Balaban J connectivity index is 1.32. The van der Waals surface area contributed by atoms with Gasteiger partial charge in [0.2, 0.25) is 5.95 Å². The molecule has 1 aliphatic carbocycles. The topological polar surface area (TPSA) is 56.3 Å². The second kappa shape index (κ2) is 12.4. The van der Waals surface area contributed by atoms with Crippen LogP contribution in [0.5, 0.6) is 0 Å². The molecule has 3 aliphatic rings. The number of anilines is 3. The van der Waals surface area contributed by atoms with E-state index in [4.69, 9.17) is 22.2 Å². The molecular weight excluding hydrogens is 483 g/mol. The van der Waals surface area contributed by atoms with E-state index in [-0.39, 0.29) is 11.2 Å². The van der Waals surface area contributed by atoms with Gasteiger partial charge in [0, 0.05) is 44.2 Å². The fourth-order valence-electron chi connectivity index (χ4n) is 6.22. The van der Waals surface area contributed by atoms with Gasteiger partial charge in [-0.15, -0.1) is 0 Å². The first-order valence-corrected chi connectivity index (χ1v) is 14.7. The van der Waals surface area contributed by atoms with Gasteiger partial charge in [-0.2, -0.15) is 9.97 Å². The number of hydrogen-bond donors (Lipinski definition) is 2. The summed E-state index contributed by atoms with van der Waals surface area (Å²) in [6.07, 6.45) is 14.5. The standard InChI is InChI=1S/C29H41FN6S/c30-24-13-11-23(12-14-24)29(15-5-6-16-29)22-31-28(37)34-27-32-25(35-17-7-1-2-8-18-35)21-26(33-27)36-19-9-3-4-10-20-36/h11-14,21H,1-10,15-20,22H2,(H2,31,32,33,34,37). The van der Waals surface area contributed by atoms with Crippen LogP contribution >= 0.6 is 12.2 Å². The smallest absolute Gasteiger partial charge is 0.232 e. The van der Waals surface area contributed by atoms with Crippen molar-refractivity contribution in [1.29, 1.82) is 0 Å². The van der Waals surface area contributed by atoms with Crippen LogP contribution in [0.3, 0.4) is 0 Å². The lowest BCUT2D eigenvalue weighted by Crippen LogP contribution is -2.41. The van der Waals surface area contributed by atoms with Gasteiger partial charge < -0.3 is 20.4 Å². The molecule has 3 fully saturated rings. The Bertz CT molecular complexity index is 985. The van der Waals surface area contributed by atoms with Gasteiger partial charge in [-0.25, -0.2) is 4.39 Å². The zero-order valence-electron chi connectivity index (χ0n) is 22.0. The second-order valence-corrected chi connectivity index (χ2v) is 11.4. The van der Waals surface area contributed by atoms with Crippen molar-refractivity contribution >= 4 is 34.9 Å². The maximum absolute atomic E-state index is 13.6. The molecule has 2 saturated heterocycles. The molecule has 0 atom stereocenters. The third kappa shape index (κ3) is 6.70. The van der Waals surface area contributed by atoms with E-state index in [1.807, 2.05) is 12.1 Å². The zero-order valence-corrected chi connectivity index (χ0v) is 22.8. The molecule has 0 bridgehead atoms. The monoisotopic (exact) mass is 524 g/mol. The van der Waals surface area contributed by atoms with E-state index >= 15 is 0 Å². The Hall–Kier alpha value is -2.48. The van der Waals surface area contributed by atoms with Crippen molar-refractivity contribution in [3.63, 3.8) is 0 Å². The van der Waals surface area contributed by atoms with Gasteiger partial charge in [0.15, 0.2) is 5.11 Å². The molecule has 1 aromatic carbocycles. The summed E-state index contributed by atoms with van der Waals surface area (Å²) >= 11 is 5.74. The van der Waals surface area contributed by atoms with E-state index in [0.29, 0.717) is 11.1 Å². The first kappa shape index (κ1) is 26.1. The van der Waals surface area contributed by atoms with Gasteiger partial charge in [0.05, 0.1) is 0 Å². The van der Waals surface area contributed by atoms with Crippen LogP contribution in [0.4, 0.5) is 22.0 Å². The van der Waals surface area contributed by atoms with Crippen LogP contribution in [-0.2, 0) is 5.41 Å². The lowest BCUT2D eigenvalue weighted by atomic mass is 9.79. The van der Waals surface area contributed by atoms with Crippen LogP contribution in [0, 0.1) is 5.82 Å². The third-order valence-corrected chi connectivity index (χ3v) is 8.64. The van der Waals surface area contributed by atoms with Crippen molar-refractivity contribution in [1.82, 2.24) is 15.3 Å². The van der Waals surface area contributed by atoms with Crippen LogP contribution in [0.1, 0.15) is 82.6 Å². The average Bonchev–Trinajstić information content (AvgIpc) is 3.09. The van der Waals surface area contributed by atoms with Crippen LogP contribution < -0.4 is 20.4 Å². The minimum Gasteiger partial charge on any atom is -0.361 e. The summed E-state index contributed by atoms with van der Waals surface area (Å²) < 4.78 is 13.6. The Morgan fingerprint density at radius 1 is 0.784 bits per heavy atom. The molecule has 0 amide bonds. The number of benzene rings is 1. The Labute approximate surface area is 226 Å². The summed E-state index contributed by atoms with van der Waals surface area (Å²) in [5.74, 6) is 2.38. The maximum atomic E-state index is 13.6. The van der Waals surface area contributed by atoms with E-state index in [1.54, 1.807) is 12.1 Å². The molecule has 200 valence electrons. The quantitative estimate of drug-likeness (QED) is 0.438. The molecule has 0 radical (unpaired) electrons. The summed E-state index contributed by atoms with van der Waals surface area (Å²) in [5, 5.41) is 7.33. The van der Waals surface area contributed by atoms with Gasteiger partial charge >= 0.3 is 0 Å². The minimum absolute atomic E-state index is 0.0224. The van der Waals surface area contributed by atoms with Crippen molar-refractivity contribution in [2.45, 2.75) is 82.5 Å². The highest BCUT2D eigenvalue weighted by Gasteiger charge is 2.35. The van der Waals surface area contributed by atoms with Crippen LogP contribution in [0.15, 0.2) is 30.3 Å². The van der Waals surface area contributed by atoms with E-state index in [9.17, 15) is 4.39 Å². The van der Waals surface area contributed by atoms with E-state index in [1.165, 1.54) is 69.8 Å². The second-order valence-electron chi connectivity index (χ2n) is 11.0. The Morgan fingerprint density at radius 2 is 1.30 bits per heavy atom. The number of nitrogens with zero attached hydrogens (tertiary/aromatic N) is 4. The molecule has 2 N–H and O–H groups in total. The maximum Gasteiger partial charge on any atom is 0.232 e. The van der Waals surface area contributed by atoms with Crippen molar-refractivity contribution in [3.8, 4) is 0 Å². The lowest BCUT2D eigenvalue weighted by molar-refractivity contribution is 0.434. The first-order chi connectivity index (χ1) is 18.1. The fourth-order valence-corrected chi connectivity index (χ4v) is 6.38. The summed E-state index contributed by atoms with van der Waals surface area (Å²) in [4.78, 5) is 14.7. The highest BCUT2D eigenvalue weighted by atomic mass is 32.1. The summed E-state index contributed by atoms with van der Waals surface area (Å²) in [6, 6.07) is 9.18. The summed E-state index contributed by atoms with van der Waals surface area (Å²) in [5.41, 5.74) is 1.16. The average molecular weight is 525 g/mol. The zero-order chi connectivity index (χ0) is 25.5. The van der Waals surface area contributed by atoms with Gasteiger partial charge in [-0.3, -0.25) is 0 Å². The van der Waals surface area contributed by atoms with Crippen LogP contribution in [0.25, 0.3) is 0 Å². The Kier molecular flexibility index (Phi) is 8.74. The van der Waals surface area contributed by atoms with E-state index < -0.39 is 0 Å². The van der Waals surface area contributed by atoms with Gasteiger partial charge in [0.1, 0.15) is 17.5 Å². The number of rotatable bonds is 6. The number of hydrogen-bond acceptors (Lipinski definition) is 5. The molecule has 1 aromatic heterocycles. The number of thiocarbonyl (C=S) groups is 1. The SMILES string of the molecule is Fc1ccc(C2(CNC(=S)Nc3nc(N4CCCCCC4)cc(N4CCCCCC4)n3)CCCC2)cc1. The molecule has 2 aromatic rings. The van der Waals surface area contributed by atoms with Gasteiger partial charge in [-0.1, -0.05) is 50.7 Å². The minimum atomic E-state index is -0.191. The normalized spacial score (nSPS) is 20.2. The lowest BCUT2D eigenvalue weighted by Gasteiger charge is -2.31. The van der Waals surface area contributed by atoms with Crippen LogP contribution in [0.2, 0.25) is 0 Å². The molecule has 2 aliphatic heterocycles. The third-order valence-electron chi connectivity index (χ3n) is 8.39. The summed E-state index contributed by atoms with van der Waals surface area (Å²) in [7, 11) is 0. The van der Waals surface area contributed by atoms with Gasteiger partial charge in [0.25, 0.3) is 0 Å². The van der Waals surface area contributed by atoms with Crippen molar-refractivity contribution in [2.75, 3.05) is 47.8 Å². The summed E-state index contributed by atoms with van der Waals surface area (Å²) in [6.45, 7) is 4.88. The van der Waals surface area contributed by atoms with Gasteiger partial charge in [-0.05, 0) is 68.4 Å². The van der Waals surface area contributed by atoms with E-state index in [0.717, 1.165) is 57.2 Å². The molecule has 3 heterocycles. The fraction of sp³-hybridized carbons (Fsp3) is 0.621. The van der Waals surface area contributed by atoms with Crippen molar-refractivity contribution in [3.05, 3.63) is 41.7 Å². The van der Waals surface area contributed by atoms with Crippen LogP contribution in [-0.4, -0.2) is 47.8 Å². The predicted molar refractivity (Wildman–Crippen MR) is 154 cm³/mol. The highest BCUT2D eigenvalue weighted by molar-refractivity contribution is 7.80. The number of aromatic nitrogens is 2. The molecule has 0 spiro atoms. The highest BCUT2D eigenvalue weighted by Crippen LogP contribution is 2.40. The molecular formula is C29H41FN6S. The molecule has 1 saturated carbocycles. The molecule has 5 rings (SSSR count). The number of nitrogens with one attached hydrogen (secondary N) is 2. The number of halogens is 1. The first-order valence-electron chi connectivity index (χ1n) is 14.3. The van der Waals surface area contributed by atoms with Crippen molar-refractivity contribution in [2.24, 2.45) is 0 Å². The molecule has 37 heavy (non-hydrogen) atoms. The molecule has 0 unspecified atom stereocenters. The predicted octanol–water partition coefficient (Wildman–Crippen LogP) is 6.17. The largest absolute Gasteiger partial charge is 0.361 e. The molecule has 6 nitrogen and oxygen atoms in total.